The predicted molar refractivity (Wildman–Crippen MR) is 79.0 cm³/mol. The Hall–Kier alpha value is -1.88. The Kier molecular flexibility index (Phi) is 2.96. The molecule has 3 saturated heterocycles. The maximum absolute atomic E-state index is 12.6. The number of furan rings is 1. The van der Waals surface area contributed by atoms with Crippen molar-refractivity contribution in [3.05, 3.63) is 30.3 Å². The minimum absolute atomic E-state index is 0.124. The number of hydrogen-bond acceptors (Lipinski definition) is 4. The van der Waals surface area contributed by atoms with Gasteiger partial charge >= 0.3 is 0 Å². The Bertz CT molecular complexity index is 671. The second-order valence-electron chi connectivity index (χ2n) is 6.11. The molecule has 0 saturated carbocycles. The van der Waals surface area contributed by atoms with Gasteiger partial charge in [0.2, 0.25) is 0 Å². The molecule has 1 N–H and O–H groups in total. The van der Waals surface area contributed by atoms with Crippen LogP contribution in [0.1, 0.15) is 30.3 Å². The van der Waals surface area contributed by atoms with Crippen LogP contribution in [0.4, 0.5) is 0 Å². The molecule has 5 heteroatoms. The Labute approximate surface area is 123 Å². The van der Waals surface area contributed by atoms with Gasteiger partial charge in [0.1, 0.15) is 0 Å². The zero-order valence-corrected chi connectivity index (χ0v) is 12.1. The van der Waals surface area contributed by atoms with Gasteiger partial charge in [0.25, 0.3) is 5.91 Å². The second-order valence-corrected chi connectivity index (χ2v) is 6.11. The topological polar surface area (TPSA) is 58.4 Å². The lowest BCUT2D eigenvalue weighted by Gasteiger charge is -2.49. The van der Waals surface area contributed by atoms with E-state index >= 15 is 0 Å². The number of nitrogens with one attached hydrogen (secondary N) is 1. The largest absolute Gasteiger partial charge is 0.462 e. The van der Waals surface area contributed by atoms with Gasteiger partial charge in [-0.1, -0.05) is 0 Å². The molecule has 0 radical (unpaired) electrons. The first kappa shape index (κ1) is 12.8. The third-order valence-electron chi connectivity index (χ3n) is 5.06. The predicted octanol–water partition coefficient (Wildman–Crippen LogP) is 2.04. The van der Waals surface area contributed by atoms with Crippen molar-refractivity contribution in [2.24, 2.45) is 5.92 Å². The first-order valence-electron chi connectivity index (χ1n) is 7.61. The fourth-order valence-electron chi connectivity index (χ4n) is 3.82. The van der Waals surface area contributed by atoms with Crippen molar-refractivity contribution in [3.8, 4) is 0 Å². The van der Waals surface area contributed by atoms with Crippen LogP contribution < -0.4 is 5.32 Å². The Morgan fingerprint density at radius 2 is 2.19 bits per heavy atom. The summed E-state index contributed by atoms with van der Waals surface area (Å²) < 4.78 is 5.41. The van der Waals surface area contributed by atoms with Crippen molar-refractivity contribution in [1.29, 1.82) is 0 Å². The maximum atomic E-state index is 12.6. The van der Waals surface area contributed by atoms with Gasteiger partial charge < -0.3 is 9.73 Å². The van der Waals surface area contributed by atoms with E-state index in [1.807, 2.05) is 12.1 Å². The molecule has 2 bridgehead atoms. The fourth-order valence-corrected chi connectivity index (χ4v) is 3.82. The Balaban J connectivity index is 1.60. The molecule has 21 heavy (non-hydrogen) atoms. The lowest BCUT2D eigenvalue weighted by atomic mass is 9.79. The Morgan fingerprint density at radius 1 is 1.38 bits per heavy atom. The molecule has 0 unspecified atom stereocenters. The summed E-state index contributed by atoms with van der Waals surface area (Å²) in [5.41, 5.74) is 0.963. The molecular formula is C16H19N3O2. The fraction of sp³-hybridized carbons (Fsp3) is 0.500. The van der Waals surface area contributed by atoms with Gasteiger partial charge in [0.15, 0.2) is 11.3 Å². The molecule has 3 aliphatic rings. The van der Waals surface area contributed by atoms with Crippen molar-refractivity contribution in [3.63, 3.8) is 0 Å². The molecule has 1 amide bonds. The highest BCUT2D eigenvalue weighted by Gasteiger charge is 2.40. The van der Waals surface area contributed by atoms with Crippen LogP contribution in [0, 0.1) is 5.92 Å². The lowest BCUT2D eigenvalue weighted by Crippen LogP contribution is -2.62. The molecule has 5 nitrogen and oxygen atoms in total. The summed E-state index contributed by atoms with van der Waals surface area (Å²) in [6, 6.07) is 4.32. The van der Waals surface area contributed by atoms with E-state index < -0.39 is 0 Å². The van der Waals surface area contributed by atoms with E-state index in [1.54, 1.807) is 12.5 Å². The number of aromatic nitrogens is 1. The van der Waals surface area contributed by atoms with Gasteiger partial charge in [0.05, 0.1) is 6.26 Å². The van der Waals surface area contributed by atoms with Crippen molar-refractivity contribution < 1.29 is 9.21 Å². The van der Waals surface area contributed by atoms with Gasteiger partial charge in [-0.15, -0.1) is 0 Å². The van der Waals surface area contributed by atoms with Crippen molar-refractivity contribution in [2.45, 2.75) is 31.8 Å². The molecule has 5 rings (SSSR count). The van der Waals surface area contributed by atoms with Gasteiger partial charge in [-0.2, -0.15) is 0 Å². The van der Waals surface area contributed by atoms with Gasteiger partial charge in [-0.3, -0.25) is 9.69 Å². The molecule has 3 fully saturated rings. The average Bonchev–Trinajstić information content (AvgIpc) is 2.99. The third kappa shape index (κ3) is 2.03. The van der Waals surface area contributed by atoms with Crippen molar-refractivity contribution in [2.75, 3.05) is 13.1 Å². The number of piperidine rings is 3. The van der Waals surface area contributed by atoms with E-state index in [4.69, 9.17) is 4.42 Å². The third-order valence-corrected chi connectivity index (χ3v) is 5.06. The smallest absolute Gasteiger partial charge is 0.274 e. The minimum Gasteiger partial charge on any atom is -0.462 e. The van der Waals surface area contributed by atoms with Crippen molar-refractivity contribution >= 4 is 16.9 Å². The molecule has 5 heterocycles. The van der Waals surface area contributed by atoms with Crippen LogP contribution in [0.5, 0.6) is 0 Å². The first-order chi connectivity index (χ1) is 10.2. The van der Waals surface area contributed by atoms with Gasteiger partial charge in [-0.05, 0) is 50.9 Å². The Morgan fingerprint density at radius 3 is 2.95 bits per heavy atom. The second kappa shape index (κ2) is 4.84. The average molecular weight is 286 g/mol. The first-order valence-corrected chi connectivity index (χ1v) is 7.61. The number of rotatable bonds is 2. The van der Waals surface area contributed by atoms with Gasteiger partial charge in [-0.25, -0.2) is 4.98 Å². The summed E-state index contributed by atoms with van der Waals surface area (Å²) in [5, 5.41) is 4.11. The number of hydrogen-bond donors (Lipinski definition) is 1. The minimum atomic E-state index is -0.124. The summed E-state index contributed by atoms with van der Waals surface area (Å²) in [4.78, 5) is 19.3. The summed E-state index contributed by atoms with van der Waals surface area (Å²) in [5.74, 6) is 0.464. The SMILES string of the molecule is C[C@H]1[C@H](NC(=O)c2n[13cH]cc3ccoc23)C2CCN1CC2. The molecule has 0 aromatic carbocycles. The molecule has 3 aliphatic heterocycles. The molecule has 2 atom stereocenters. The monoisotopic (exact) mass is 286 g/mol. The zero-order valence-electron chi connectivity index (χ0n) is 12.1. The number of nitrogens with zero attached hydrogens (tertiary/aromatic N) is 2. The van der Waals surface area contributed by atoms with Crippen LogP contribution in [0.15, 0.2) is 29.0 Å². The number of carbonyl (C=O) groups excluding carboxylic acids is 1. The molecule has 2 aromatic heterocycles. The van der Waals surface area contributed by atoms with Crippen LogP contribution >= 0.6 is 0 Å². The summed E-state index contributed by atoms with van der Waals surface area (Å²) in [6.45, 7) is 4.52. The number of pyridine rings is 1. The summed E-state index contributed by atoms with van der Waals surface area (Å²) in [6.07, 6.45) is 5.61. The van der Waals surface area contributed by atoms with E-state index in [0.29, 0.717) is 23.2 Å². The standard InChI is InChI=1S/C16H19N3O2/c1-10-13(11-3-7-19(10)8-4-11)18-16(20)14-15-12(2-6-17-14)5-9-21-15/h2,5-6,9-11,13H,3-4,7-8H2,1H3,(H,18,20)/t10-,13-/m0/s1/i6+1. The number of fused-ring (bicyclic) bond motifs is 4. The van der Waals surface area contributed by atoms with E-state index in [9.17, 15) is 4.79 Å². The van der Waals surface area contributed by atoms with E-state index in [-0.39, 0.29) is 11.9 Å². The van der Waals surface area contributed by atoms with Gasteiger partial charge in [0, 0.05) is 23.7 Å². The van der Waals surface area contributed by atoms with Crippen molar-refractivity contribution in [1.82, 2.24) is 15.2 Å². The zero-order chi connectivity index (χ0) is 14.4. The number of amides is 1. The molecule has 0 aliphatic carbocycles. The highest BCUT2D eigenvalue weighted by molar-refractivity contribution is 6.03. The maximum Gasteiger partial charge on any atom is 0.274 e. The highest BCUT2D eigenvalue weighted by Crippen LogP contribution is 2.32. The van der Waals surface area contributed by atoms with E-state index in [1.165, 1.54) is 12.8 Å². The van der Waals surface area contributed by atoms with Crippen LogP contribution in [-0.2, 0) is 0 Å². The van der Waals surface area contributed by atoms with E-state index in [2.05, 4.69) is 22.1 Å². The lowest BCUT2D eigenvalue weighted by molar-refractivity contribution is 0.0216. The highest BCUT2D eigenvalue weighted by atomic mass is 16.3. The molecule has 110 valence electrons. The normalized spacial score (nSPS) is 31.5. The molecule has 2 aromatic rings. The molecule has 0 spiro atoms. The van der Waals surface area contributed by atoms with Crippen LogP contribution in [-0.4, -0.2) is 41.0 Å². The van der Waals surface area contributed by atoms with Crippen LogP contribution in [0.2, 0.25) is 0 Å². The van der Waals surface area contributed by atoms with Crippen LogP contribution in [0.25, 0.3) is 11.0 Å². The number of carbonyl (C=O) groups is 1. The summed E-state index contributed by atoms with van der Waals surface area (Å²) >= 11 is 0. The molecular weight excluding hydrogens is 267 g/mol. The van der Waals surface area contributed by atoms with E-state index in [0.717, 1.165) is 18.5 Å². The summed E-state index contributed by atoms with van der Waals surface area (Å²) in [7, 11) is 0. The quantitative estimate of drug-likeness (QED) is 0.918. The van der Waals surface area contributed by atoms with Crippen LogP contribution in [0.3, 0.4) is 0 Å².